The van der Waals surface area contributed by atoms with Gasteiger partial charge in [-0.1, -0.05) is 41.4 Å². The van der Waals surface area contributed by atoms with Crippen LogP contribution in [0.25, 0.3) is 0 Å². The van der Waals surface area contributed by atoms with Crippen molar-refractivity contribution in [3.8, 4) is 6.07 Å². The van der Waals surface area contributed by atoms with E-state index in [2.05, 4.69) is 9.62 Å². The van der Waals surface area contributed by atoms with E-state index in [1.54, 1.807) is 48.3 Å². The third-order valence-electron chi connectivity index (χ3n) is 6.70. The molecule has 8 nitrogen and oxygen atoms in total. The van der Waals surface area contributed by atoms with E-state index in [0.29, 0.717) is 47.4 Å². The number of β-amino-alcohol motifs (C(OH)–C–C–N with tert-alkyl or cyclic N) is 1. The molecule has 1 aliphatic rings. The Balaban J connectivity index is 1.58. The molecule has 11 heteroatoms. The predicted molar refractivity (Wildman–Crippen MR) is 151 cm³/mol. The molecule has 1 aliphatic heterocycles. The summed E-state index contributed by atoms with van der Waals surface area (Å²) in [6, 6.07) is 19.2. The number of likely N-dealkylation sites (N-methyl/N-ethyl adjacent to an activating group) is 1. The molecular weight excluding hydrogens is 559 g/mol. The minimum absolute atomic E-state index is 0.0310. The van der Waals surface area contributed by atoms with Gasteiger partial charge in [0.2, 0.25) is 5.91 Å². The number of anilines is 1. The molecule has 2 unspecified atom stereocenters. The van der Waals surface area contributed by atoms with E-state index in [0.717, 1.165) is 11.1 Å². The van der Waals surface area contributed by atoms with Gasteiger partial charge in [-0.25, -0.2) is 8.42 Å². The van der Waals surface area contributed by atoms with Crippen molar-refractivity contribution in [3.63, 3.8) is 0 Å². The van der Waals surface area contributed by atoms with E-state index in [9.17, 15) is 18.3 Å². The number of aliphatic hydroxyl groups excluding tert-OH is 1. The molecule has 1 heterocycles. The molecule has 1 saturated heterocycles. The quantitative estimate of drug-likeness (QED) is 0.382. The minimum atomic E-state index is -3.90. The summed E-state index contributed by atoms with van der Waals surface area (Å²) in [5.74, 6) is -0.151. The van der Waals surface area contributed by atoms with Crippen molar-refractivity contribution >= 4 is 44.8 Å². The Hall–Kier alpha value is -3.13. The van der Waals surface area contributed by atoms with E-state index in [4.69, 9.17) is 28.5 Å². The number of likely N-dealkylation sites (tertiary alicyclic amines) is 1. The van der Waals surface area contributed by atoms with Crippen LogP contribution < -0.4 is 4.72 Å². The molecule has 0 saturated carbocycles. The number of amides is 1. The van der Waals surface area contributed by atoms with Gasteiger partial charge in [0.05, 0.1) is 45.1 Å². The van der Waals surface area contributed by atoms with Gasteiger partial charge in [-0.05, 0) is 66.1 Å². The van der Waals surface area contributed by atoms with Crippen molar-refractivity contribution in [2.24, 2.45) is 0 Å². The number of hydrogen-bond donors (Lipinski definition) is 2. The maximum atomic E-state index is 13.4. The van der Waals surface area contributed by atoms with E-state index < -0.39 is 22.2 Å². The van der Waals surface area contributed by atoms with Gasteiger partial charge in [0, 0.05) is 32.4 Å². The van der Waals surface area contributed by atoms with Crippen LogP contribution in [0, 0.1) is 11.3 Å². The van der Waals surface area contributed by atoms with Gasteiger partial charge in [0.25, 0.3) is 10.0 Å². The lowest BCUT2D eigenvalue weighted by Gasteiger charge is -2.32. The van der Waals surface area contributed by atoms with Crippen molar-refractivity contribution in [2.45, 2.75) is 29.9 Å². The maximum absolute atomic E-state index is 13.4. The van der Waals surface area contributed by atoms with E-state index >= 15 is 0 Å². The molecule has 0 spiro atoms. The second kappa shape index (κ2) is 12.4. The lowest BCUT2D eigenvalue weighted by atomic mass is 10.0. The molecule has 2 N–H and O–H groups in total. The van der Waals surface area contributed by atoms with Crippen molar-refractivity contribution in [2.75, 3.05) is 31.4 Å². The number of sulfonamides is 1. The number of benzene rings is 3. The highest BCUT2D eigenvalue weighted by atomic mass is 35.5. The van der Waals surface area contributed by atoms with Crippen LogP contribution in [0.4, 0.5) is 5.69 Å². The van der Waals surface area contributed by atoms with Gasteiger partial charge in [0.1, 0.15) is 0 Å². The number of nitrogens with zero attached hydrogens (tertiary/aromatic N) is 3. The van der Waals surface area contributed by atoms with Crippen LogP contribution in [0.1, 0.15) is 29.2 Å². The average Bonchev–Trinajstić information content (AvgIpc) is 3.33. The van der Waals surface area contributed by atoms with Crippen LogP contribution in [0.15, 0.2) is 71.6 Å². The molecule has 0 aliphatic carbocycles. The molecule has 1 fully saturated rings. The highest BCUT2D eigenvalue weighted by molar-refractivity contribution is 7.92. The Morgan fingerprint density at radius 2 is 1.90 bits per heavy atom. The van der Waals surface area contributed by atoms with Crippen LogP contribution in [-0.2, 0) is 21.2 Å². The summed E-state index contributed by atoms with van der Waals surface area (Å²) in [5.41, 5.74) is 2.16. The molecule has 4 rings (SSSR count). The summed E-state index contributed by atoms with van der Waals surface area (Å²) in [4.78, 5) is 17.1. The van der Waals surface area contributed by atoms with Crippen molar-refractivity contribution in [1.29, 1.82) is 5.26 Å². The second-order valence-corrected chi connectivity index (χ2v) is 12.0. The van der Waals surface area contributed by atoms with Gasteiger partial charge in [-0.15, -0.1) is 0 Å². The van der Waals surface area contributed by atoms with Crippen LogP contribution >= 0.6 is 23.2 Å². The van der Waals surface area contributed by atoms with E-state index in [1.807, 2.05) is 12.1 Å². The molecule has 0 bridgehead atoms. The fourth-order valence-electron chi connectivity index (χ4n) is 4.53. The number of halogens is 2. The molecule has 204 valence electrons. The first kappa shape index (κ1) is 28.9. The van der Waals surface area contributed by atoms with Crippen LogP contribution in [0.3, 0.4) is 0 Å². The maximum Gasteiger partial charge on any atom is 0.261 e. The van der Waals surface area contributed by atoms with E-state index in [1.165, 1.54) is 24.3 Å². The minimum Gasteiger partial charge on any atom is -0.392 e. The van der Waals surface area contributed by atoms with Crippen molar-refractivity contribution in [1.82, 2.24) is 9.80 Å². The molecule has 3 aromatic carbocycles. The lowest BCUT2D eigenvalue weighted by Crippen LogP contribution is -2.39. The highest BCUT2D eigenvalue weighted by Gasteiger charge is 2.28. The summed E-state index contributed by atoms with van der Waals surface area (Å²) < 4.78 is 28.6. The Morgan fingerprint density at radius 1 is 1.15 bits per heavy atom. The smallest absolute Gasteiger partial charge is 0.261 e. The number of carbonyl (C=O) groups is 1. The first-order chi connectivity index (χ1) is 18.6. The van der Waals surface area contributed by atoms with Gasteiger partial charge < -0.3 is 10.0 Å². The van der Waals surface area contributed by atoms with Gasteiger partial charge in [-0.3, -0.25) is 14.4 Å². The molecule has 0 radical (unpaired) electrons. The SMILES string of the molecule is CN(C(=O)Cc1ccc(Cl)c(Cl)c1)C(CN1CCC(O)C1)c1cccc(NS(=O)(=O)c2ccc(C#N)cc2)c1. The number of aliphatic hydroxyl groups is 1. The van der Waals surface area contributed by atoms with Gasteiger partial charge in [-0.2, -0.15) is 5.26 Å². The van der Waals surface area contributed by atoms with Gasteiger partial charge in [0.15, 0.2) is 0 Å². The molecule has 39 heavy (non-hydrogen) atoms. The zero-order valence-electron chi connectivity index (χ0n) is 21.2. The number of nitriles is 1. The highest BCUT2D eigenvalue weighted by Crippen LogP contribution is 2.28. The van der Waals surface area contributed by atoms with Crippen molar-refractivity contribution < 1.29 is 18.3 Å². The molecule has 2 atom stereocenters. The zero-order chi connectivity index (χ0) is 28.2. The Kier molecular flexibility index (Phi) is 9.15. The summed E-state index contributed by atoms with van der Waals surface area (Å²) >= 11 is 12.2. The van der Waals surface area contributed by atoms with E-state index in [-0.39, 0.29) is 17.2 Å². The standard InChI is InChI=1S/C28H28Cl2N4O4S/c1-33(28(36)14-20-7-10-25(29)26(30)13-20)27(18-34-12-11-23(35)17-34)21-3-2-4-22(15-21)32-39(37,38)24-8-5-19(16-31)6-9-24/h2-10,13,15,23,27,32,35H,11-12,14,17-18H2,1H3. The molecule has 1 amide bonds. The number of carbonyl (C=O) groups excluding carboxylic acids is 1. The van der Waals surface area contributed by atoms with Crippen LogP contribution in [-0.4, -0.2) is 62.0 Å². The average molecular weight is 588 g/mol. The normalized spacial score (nSPS) is 16.4. The fourth-order valence-corrected chi connectivity index (χ4v) is 5.90. The van der Waals surface area contributed by atoms with Crippen molar-refractivity contribution in [3.05, 3.63) is 93.5 Å². The lowest BCUT2D eigenvalue weighted by molar-refractivity contribution is -0.131. The Labute approximate surface area is 238 Å². The van der Waals surface area contributed by atoms with Crippen LogP contribution in [0.5, 0.6) is 0 Å². The molecular formula is C28H28Cl2N4O4S. The Morgan fingerprint density at radius 3 is 2.54 bits per heavy atom. The third kappa shape index (κ3) is 7.29. The fraction of sp³-hybridized carbons (Fsp3) is 0.286. The molecule has 3 aromatic rings. The first-order valence-corrected chi connectivity index (χ1v) is 14.5. The summed E-state index contributed by atoms with van der Waals surface area (Å²) in [6.45, 7) is 1.65. The number of rotatable bonds is 9. The monoisotopic (exact) mass is 586 g/mol. The number of hydrogen-bond acceptors (Lipinski definition) is 6. The summed E-state index contributed by atoms with van der Waals surface area (Å²) in [6.07, 6.45) is 0.337. The van der Waals surface area contributed by atoms with Crippen LogP contribution in [0.2, 0.25) is 10.0 Å². The predicted octanol–water partition coefficient (Wildman–Crippen LogP) is 4.47. The summed E-state index contributed by atoms with van der Waals surface area (Å²) in [7, 11) is -2.19. The zero-order valence-corrected chi connectivity index (χ0v) is 23.5. The number of nitrogens with one attached hydrogen (secondary N) is 1. The molecule has 0 aromatic heterocycles. The second-order valence-electron chi connectivity index (χ2n) is 9.51. The largest absolute Gasteiger partial charge is 0.392 e. The van der Waals surface area contributed by atoms with Gasteiger partial charge >= 0.3 is 0 Å². The third-order valence-corrected chi connectivity index (χ3v) is 8.83. The topological polar surface area (TPSA) is 114 Å². The summed E-state index contributed by atoms with van der Waals surface area (Å²) in [5, 5.41) is 19.8. The Bertz CT molecular complexity index is 1490. The first-order valence-electron chi connectivity index (χ1n) is 12.3.